The van der Waals surface area contributed by atoms with Crippen molar-refractivity contribution in [2.24, 2.45) is 5.92 Å². The average molecular weight is 367 g/mol. The highest BCUT2D eigenvalue weighted by atomic mass is 35.5. The Kier molecular flexibility index (Phi) is 5.44. The van der Waals surface area contributed by atoms with Gasteiger partial charge in [0.05, 0.1) is 5.02 Å². The molecule has 1 atom stereocenters. The Bertz CT molecular complexity index is 648. The third-order valence-corrected chi connectivity index (χ3v) is 5.33. The monoisotopic (exact) mass is 366 g/mol. The number of nitrogens with zero attached hydrogens (tertiary/aromatic N) is 1. The lowest BCUT2D eigenvalue weighted by Crippen LogP contribution is -2.54. The number of benzene rings is 1. The van der Waals surface area contributed by atoms with Gasteiger partial charge in [0.25, 0.3) is 5.91 Å². The molecule has 1 fully saturated rings. The first-order valence-corrected chi connectivity index (χ1v) is 9.37. The van der Waals surface area contributed by atoms with Gasteiger partial charge in [-0.1, -0.05) is 18.5 Å². The number of fused-ring (bicyclic) bond motifs is 1. The third kappa shape index (κ3) is 4.21. The van der Waals surface area contributed by atoms with Crippen molar-refractivity contribution in [3.05, 3.63) is 22.7 Å². The van der Waals surface area contributed by atoms with Crippen LogP contribution in [-0.4, -0.2) is 49.2 Å². The summed E-state index contributed by atoms with van der Waals surface area (Å²) in [6.45, 7) is 10.4. The average Bonchev–Trinajstić information content (AvgIpc) is 2.60. The number of halogens is 1. The van der Waals surface area contributed by atoms with E-state index in [1.165, 1.54) is 12.8 Å². The highest BCUT2D eigenvalue weighted by Crippen LogP contribution is 2.38. The van der Waals surface area contributed by atoms with Gasteiger partial charge in [0.15, 0.2) is 11.5 Å². The maximum absolute atomic E-state index is 12.6. The van der Waals surface area contributed by atoms with Crippen molar-refractivity contribution in [3.8, 4) is 11.5 Å². The summed E-state index contributed by atoms with van der Waals surface area (Å²) in [5, 5.41) is 3.46. The number of nitrogens with one attached hydrogen (secondary N) is 1. The largest absolute Gasteiger partial charge is 0.486 e. The number of rotatable bonds is 4. The Labute approximate surface area is 154 Å². The Hall–Kier alpha value is -1.46. The van der Waals surface area contributed by atoms with Crippen LogP contribution in [0.25, 0.3) is 0 Å². The van der Waals surface area contributed by atoms with Crippen molar-refractivity contribution in [2.45, 2.75) is 39.2 Å². The molecule has 0 spiro atoms. The van der Waals surface area contributed by atoms with Gasteiger partial charge in [0, 0.05) is 24.2 Å². The summed E-state index contributed by atoms with van der Waals surface area (Å²) in [5.74, 6) is 1.62. The number of likely N-dealkylation sites (tertiary alicyclic amines) is 1. The third-order valence-electron chi connectivity index (χ3n) is 5.05. The summed E-state index contributed by atoms with van der Waals surface area (Å²) in [6.07, 6.45) is 2.50. The predicted octanol–water partition coefficient (Wildman–Crippen LogP) is 3.35. The first-order valence-electron chi connectivity index (χ1n) is 8.99. The molecule has 5 nitrogen and oxygen atoms in total. The molecule has 1 saturated heterocycles. The Balaban J connectivity index is 1.65. The molecule has 1 aromatic rings. The van der Waals surface area contributed by atoms with Crippen LogP contribution in [0.4, 0.5) is 0 Å². The zero-order chi connectivity index (χ0) is 18.0. The van der Waals surface area contributed by atoms with E-state index >= 15 is 0 Å². The van der Waals surface area contributed by atoms with Crippen LogP contribution in [-0.2, 0) is 0 Å². The van der Waals surface area contributed by atoms with Crippen molar-refractivity contribution < 1.29 is 14.3 Å². The quantitative estimate of drug-likeness (QED) is 0.887. The van der Waals surface area contributed by atoms with Crippen LogP contribution >= 0.6 is 11.6 Å². The van der Waals surface area contributed by atoms with E-state index in [-0.39, 0.29) is 11.4 Å². The van der Waals surface area contributed by atoms with E-state index in [1.54, 1.807) is 12.1 Å². The Morgan fingerprint density at radius 3 is 2.88 bits per heavy atom. The van der Waals surface area contributed by atoms with Gasteiger partial charge in [-0.2, -0.15) is 0 Å². The lowest BCUT2D eigenvalue weighted by atomic mass is 9.93. The molecule has 1 N–H and O–H groups in total. The molecule has 0 aromatic heterocycles. The van der Waals surface area contributed by atoms with Gasteiger partial charge in [-0.25, -0.2) is 0 Å². The molecular formula is C19H27ClN2O3. The standard InChI is InChI=1S/C19H27ClN2O3/c1-13-5-4-6-22(11-13)19(2,3)12-21-18(23)14-9-15(20)17-16(10-14)24-7-8-25-17/h9-10,13H,4-8,11-12H2,1-3H3,(H,21,23). The summed E-state index contributed by atoms with van der Waals surface area (Å²) >= 11 is 6.23. The molecule has 0 saturated carbocycles. The van der Waals surface area contributed by atoms with Crippen LogP contribution in [0, 0.1) is 5.92 Å². The van der Waals surface area contributed by atoms with Crippen molar-refractivity contribution in [2.75, 3.05) is 32.8 Å². The van der Waals surface area contributed by atoms with Crippen LogP contribution in [0.2, 0.25) is 5.02 Å². The van der Waals surface area contributed by atoms with Crippen LogP contribution in [0.15, 0.2) is 12.1 Å². The van der Waals surface area contributed by atoms with Crippen molar-refractivity contribution in [3.63, 3.8) is 0 Å². The van der Waals surface area contributed by atoms with Crippen molar-refractivity contribution in [1.82, 2.24) is 10.2 Å². The fraction of sp³-hybridized carbons (Fsp3) is 0.632. The molecule has 1 aromatic carbocycles. The number of amides is 1. The van der Waals surface area contributed by atoms with E-state index in [4.69, 9.17) is 21.1 Å². The number of hydrogen-bond acceptors (Lipinski definition) is 4. The van der Waals surface area contributed by atoms with Crippen LogP contribution in [0.1, 0.15) is 44.0 Å². The molecule has 2 aliphatic heterocycles. The van der Waals surface area contributed by atoms with E-state index in [0.717, 1.165) is 13.1 Å². The molecular weight excluding hydrogens is 340 g/mol. The highest BCUT2D eigenvalue weighted by Gasteiger charge is 2.30. The van der Waals surface area contributed by atoms with E-state index in [9.17, 15) is 4.79 Å². The molecule has 0 radical (unpaired) electrons. The minimum absolute atomic E-state index is 0.0814. The van der Waals surface area contributed by atoms with Gasteiger partial charge in [0.2, 0.25) is 0 Å². The van der Waals surface area contributed by atoms with Gasteiger partial charge in [-0.3, -0.25) is 9.69 Å². The minimum atomic E-state index is -0.142. The zero-order valence-corrected chi connectivity index (χ0v) is 16.0. The van der Waals surface area contributed by atoms with Gasteiger partial charge >= 0.3 is 0 Å². The molecule has 138 valence electrons. The first kappa shape index (κ1) is 18.3. The fourth-order valence-corrected chi connectivity index (χ4v) is 3.76. The number of carbonyl (C=O) groups is 1. The lowest BCUT2D eigenvalue weighted by molar-refractivity contribution is 0.0657. The van der Waals surface area contributed by atoms with E-state index < -0.39 is 0 Å². The van der Waals surface area contributed by atoms with Gasteiger partial charge in [-0.05, 0) is 51.3 Å². The number of carbonyl (C=O) groups excluding carboxylic acids is 1. The lowest BCUT2D eigenvalue weighted by Gasteiger charge is -2.43. The van der Waals surface area contributed by atoms with Crippen LogP contribution < -0.4 is 14.8 Å². The Morgan fingerprint density at radius 1 is 1.36 bits per heavy atom. The van der Waals surface area contributed by atoms with E-state index in [0.29, 0.717) is 47.8 Å². The molecule has 6 heteroatoms. The maximum atomic E-state index is 12.6. The predicted molar refractivity (Wildman–Crippen MR) is 98.8 cm³/mol. The summed E-state index contributed by atoms with van der Waals surface area (Å²) < 4.78 is 11.0. The normalized spacial score (nSPS) is 21.0. The molecule has 25 heavy (non-hydrogen) atoms. The number of ether oxygens (including phenoxy) is 2. The maximum Gasteiger partial charge on any atom is 0.251 e. The van der Waals surface area contributed by atoms with Gasteiger partial charge in [0.1, 0.15) is 13.2 Å². The van der Waals surface area contributed by atoms with E-state index in [1.807, 2.05) is 0 Å². The molecule has 0 aliphatic carbocycles. The zero-order valence-electron chi connectivity index (χ0n) is 15.2. The smallest absolute Gasteiger partial charge is 0.251 e. The second-order valence-electron chi connectivity index (χ2n) is 7.67. The SMILES string of the molecule is CC1CCCN(C(C)(C)CNC(=O)c2cc(Cl)c3c(c2)OCCO3)C1. The van der Waals surface area contributed by atoms with Gasteiger partial charge in [-0.15, -0.1) is 0 Å². The Morgan fingerprint density at radius 2 is 2.12 bits per heavy atom. The molecule has 2 heterocycles. The van der Waals surface area contributed by atoms with Gasteiger partial charge < -0.3 is 14.8 Å². The second-order valence-corrected chi connectivity index (χ2v) is 8.08. The summed E-state index contributed by atoms with van der Waals surface area (Å²) in [7, 11) is 0. The fourth-order valence-electron chi connectivity index (χ4n) is 3.49. The number of piperidine rings is 1. The topological polar surface area (TPSA) is 50.8 Å². The molecule has 1 amide bonds. The molecule has 3 rings (SSSR count). The molecule has 0 bridgehead atoms. The first-order chi connectivity index (χ1) is 11.9. The number of hydrogen-bond donors (Lipinski definition) is 1. The van der Waals surface area contributed by atoms with E-state index in [2.05, 4.69) is 31.0 Å². The summed E-state index contributed by atoms with van der Waals surface area (Å²) in [4.78, 5) is 15.1. The summed E-state index contributed by atoms with van der Waals surface area (Å²) in [5.41, 5.74) is 0.416. The second kappa shape index (κ2) is 7.42. The summed E-state index contributed by atoms with van der Waals surface area (Å²) in [6, 6.07) is 3.34. The van der Waals surface area contributed by atoms with Crippen LogP contribution in [0.3, 0.4) is 0 Å². The molecule has 1 unspecified atom stereocenters. The van der Waals surface area contributed by atoms with Crippen LogP contribution in [0.5, 0.6) is 11.5 Å². The molecule has 2 aliphatic rings. The highest BCUT2D eigenvalue weighted by molar-refractivity contribution is 6.32. The minimum Gasteiger partial charge on any atom is -0.486 e. The van der Waals surface area contributed by atoms with Crippen molar-refractivity contribution in [1.29, 1.82) is 0 Å². The van der Waals surface area contributed by atoms with Crippen molar-refractivity contribution >= 4 is 17.5 Å².